The van der Waals surface area contributed by atoms with Crippen molar-refractivity contribution in [2.75, 3.05) is 31.5 Å². The van der Waals surface area contributed by atoms with Crippen LogP contribution >= 0.6 is 0 Å². The van der Waals surface area contributed by atoms with Gasteiger partial charge in [-0.25, -0.2) is 4.99 Å². The molecule has 1 atom stereocenters. The van der Waals surface area contributed by atoms with Crippen LogP contribution in [0, 0.1) is 0 Å². The van der Waals surface area contributed by atoms with Crippen molar-refractivity contribution in [3.8, 4) is 5.75 Å². The SMILES string of the molecule is CC(CCc1ccccc1)N=C(Nc1ccccc1O)N1CCN(C2CCCCC2)CC1. The summed E-state index contributed by atoms with van der Waals surface area (Å²) in [5.74, 6) is 1.15. The standard InChI is InChI=1S/C27H38N4O/c1-22(16-17-23-10-4-2-5-11-23)28-27(29-25-14-8-9-15-26(25)32)31-20-18-30(19-21-31)24-12-6-3-7-13-24/h2,4-5,8-11,14-15,22,24,32H,3,6-7,12-13,16-21H2,1H3,(H,28,29). The lowest BCUT2D eigenvalue weighted by Gasteiger charge is -2.41. The Hall–Kier alpha value is -2.53. The van der Waals surface area contributed by atoms with E-state index in [1.165, 1.54) is 37.7 Å². The highest BCUT2D eigenvalue weighted by Crippen LogP contribution is 2.25. The van der Waals surface area contributed by atoms with Gasteiger partial charge in [-0.2, -0.15) is 0 Å². The van der Waals surface area contributed by atoms with Crippen LogP contribution in [-0.2, 0) is 6.42 Å². The highest BCUT2D eigenvalue weighted by atomic mass is 16.3. The summed E-state index contributed by atoms with van der Waals surface area (Å²) >= 11 is 0. The van der Waals surface area contributed by atoms with Crippen molar-refractivity contribution in [1.82, 2.24) is 9.80 Å². The Kier molecular flexibility index (Phi) is 8.05. The molecule has 1 saturated heterocycles. The Morgan fingerprint density at radius 2 is 1.66 bits per heavy atom. The number of piperazine rings is 1. The van der Waals surface area contributed by atoms with Crippen LogP contribution in [0.15, 0.2) is 59.6 Å². The third-order valence-corrected chi connectivity index (χ3v) is 6.89. The zero-order valence-corrected chi connectivity index (χ0v) is 19.4. The fourth-order valence-electron chi connectivity index (χ4n) is 4.93. The number of phenolic OH excluding ortho intramolecular Hbond substituents is 1. The predicted molar refractivity (Wildman–Crippen MR) is 133 cm³/mol. The molecule has 1 aliphatic heterocycles. The van der Waals surface area contributed by atoms with E-state index in [1.807, 2.05) is 18.2 Å². The molecule has 0 amide bonds. The molecule has 32 heavy (non-hydrogen) atoms. The van der Waals surface area contributed by atoms with Gasteiger partial charge >= 0.3 is 0 Å². The molecule has 0 radical (unpaired) electrons. The highest BCUT2D eigenvalue weighted by Gasteiger charge is 2.27. The monoisotopic (exact) mass is 434 g/mol. The molecule has 4 rings (SSSR count). The number of rotatable bonds is 6. The lowest BCUT2D eigenvalue weighted by molar-refractivity contribution is 0.107. The quantitative estimate of drug-likeness (QED) is 0.376. The summed E-state index contributed by atoms with van der Waals surface area (Å²) in [6.45, 7) is 6.31. The molecule has 0 bridgehead atoms. The van der Waals surface area contributed by atoms with Gasteiger partial charge in [0.15, 0.2) is 5.96 Å². The summed E-state index contributed by atoms with van der Waals surface area (Å²) in [5.41, 5.74) is 2.07. The van der Waals surface area contributed by atoms with Crippen molar-refractivity contribution in [3.63, 3.8) is 0 Å². The average molecular weight is 435 g/mol. The number of nitrogens with one attached hydrogen (secondary N) is 1. The van der Waals surface area contributed by atoms with E-state index in [1.54, 1.807) is 6.07 Å². The first-order valence-electron chi connectivity index (χ1n) is 12.3. The minimum absolute atomic E-state index is 0.194. The number of aromatic hydroxyl groups is 1. The van der Waals surface area contributed by atoms with E-state index < -0.39 is 0 Å². The van der Waals surface area contributed by atoms with Crippen LogP contribution in [0.3, 0.4) is 0 Å². The Balaban J connectivity index is 1.42. The topological polar surface area (TPSA) is 51.1 Å². The summed E-state index contributed by atoms with van der Waals surface area (Å²) in [6, 6.07) is 19.0. The fourth-order valence-corrected chi connectivity index (χ4v) is 4.93. The summed E-state index contributed by atoms with van der Waals surface area (Å²) in [5, 5.41) is 13.8. The third kappa shape index (κ3) is 6.26. The van der Waals surface area contributed by atoms with Gasteiger partial charge in [0.05, 0.1) is 11.7 Å². The Morgan fingerprint density at radius 1 is 0.969 bits per heavy atom. The van der Waals surface area contributed by atoms with Crippen LogP contribution in [0.5, 0.6) is 5.75 Å². The third-order valence-electron chi connectivity index (χ3n) is 6.89. The number of aliphatic imine (C=N–C) groups is 1. The lowest BCUT2D eigenvalue weighted by atomic mass is 9.94. The Morgan fingerprint density at radius 3 is 2.38 bits per heavy atom. The van der Waals surface area contributed by atoms with Gasteiger partial charge in [0.2, 0.25) is 0 Å². The Labute approximate surface area is 193 Å². The van der Waals surface area contributed by atoms with Gasteiger partial charge in [0.1, 0.15) is 5.75 Å². The molecule has 172 valence electrons. The molecule has 5 heteroatoms. The minimum Gasteiger partial charge on any atom is -0.506 e. The van der Waals surface area contributed by atoms with Crippen LogP contribution in [0.4, 0.5) is 5.69 Å². The molecule has 2 aliphatic rings. The van der Waals surface area contributed by atoms with Crippen molar-refractivity contribution in [1.29, 1.82) is 0 Å². The number of nitrogens with zero attached hydrogens (tertiary/aromatic N) is 3. The zero-order chi connectivity index (χ0) is 22.2. The first-order valence-corrected chi connectivity index (χ1v) is 12.3. The van der Waals surface area contributed by atoms with E-state index in [9.17, 15) is 5.11 Å². The molecule has 1 unspecified atom stereocenters. The molecule has 1 saturated carbocycles. The van der Waals surface area contributed by atoms with Crippen molar-refractivity contribution in [3.05, 3.63) is 60.2 Å². The van der Waals surface area contributed by atoms with Crippen LogP contribution in [-0.4, -0.2) is 59.1 Å². The molecule has 0 aromatic heterocycles. The lowest BCUT2D eigenvalue weighted by Crippen LogP contribution is -2.53. The van der Waals surface area contributed by atoms with Gasteiger partial charge in [-0.15, -0.1) is 0 Å². The van der Waals surface area contributed by atoms with Crippen LogP contribution in [0.1, 0.15) is 51.0 Å². The number of hydrogen-bond donors (Lipinski definition) is 2. The number of para-hydroxylation sites is 2. The summed E-state index contributed by atoms with van der Waals surface area (Å²) in [6.07, 6.45) is 8.89. The van der Waals surface area contributed by atoms with Crippen molar-refractivity contribution in [2.24, 2.45) is 4.99 Å². The van der Waals surface area contributed by atoms with Gasteiger partial charge in [0.25, 0.3) is 0 Å². The minimum atomic E-state index is 0.194. The first kappa shape index (κ1) is 22.7. The summed E-state index contributed by atoms with van der Waals surface area (Å²) in [7, 11) is 0. The molecule has 2 N–H and O–H groups in total. The molecule has 2 aromatic rings. The summed E-state index contributed by atoms with van der Waals surface area (Å²) < 4.78 is 0. The molecule has 1 heterocycles. The number of aryl methyl sites for hydroxylation is 1. The van der Waals surface area contributed by atoms with E-state index in [-0.39, 0.29) is 11.8 Å². The summed E-state index contributed by atoms with van der Waals surface area (Å²) in [4.78, 5) is 10.1. The van der Waals surface area contributed by atoms with Crippen molar-refractivity contribution < 1.29 is 5.11 Å². The van der Waals surface area contributed by atoms with E-state index in [0.717, 1.165) is 56.7 Å². The predicted octanol–water partition coefficient (Wildman–Crippen LogP) is 5.13. The molecule has 2 aromatic carbocycles. The maximum absolute atomic E-state index is 10.3. The largest absolute Gasteiger partial charge is 0.506 e. The number of guanidine groups is 1. The van der Waals surface area contributed by atoms with Gasteiger partial charge in [0, 0.05) is 32.2 Å². The van der Waals surface area contributed by atoms with Gasteiger partial charge in [-0.3, -0.25) is 4.90 Å². The average Bonchev–Trinajstić information content (AvgIpc) is 2.85. The maximum Gasteiger partial charge on any atom is 0.198 e. The second-order valence-electron chi connectivity index (χ2n) is 9.28. The molecular weight excluding hydrogens is 396 g/mol. The Bertz CT molecular complexity index is 855. The number of anilines is 1. The fraction of sp³-hybridized carbons (Fsp3) is 0.519. The smallest absolute Gasteiger partial charge is 0.198 e. The van der Waals surface area contributed by atoms with E-state index in [0.29, 0.717) is 0 Å². The first-order chi connectivity index (χ1) is 15.7. The van der Waals surface area contributed by atoms with Crippen molar-refractivity contribution in [2.45, 2.75) is 64.0 Å². The van der Waals surface area contributed by atoms with Crippen LogP contribution in [0.2, 0.25) is 0 Å². The molecule has 2 fully saturated rings. The van der Waals surface area contributed by atoms with Crippen LogP contribution < -0.4 is 5.32 Å². The zero-order valence-electron chi connectivity index (χ0n) is 19.4. The molecule has 1 aliphatic carbocycles. The van der Waals surface area contributed by atoms with Crippen LogP contribution in [0.25, 0.3) is 0 Å². The van der Waals surface area contributed by atoms with Gasteiger partial charge < -0.3 is 15.3 Å². The number of phenols is 1. The second kappa shape index (κ2) is 11.4. The number of hydrogen-bond acceptors (Lipinski definition) is 3. The van der Waals surface area contributed by atoms with E-state index in [4.69, 9.17) is 4.99 Å². The van der Waals surface area contributed by atoms with E-state index >= 15 is 0 Å². The highest BCUT2D eigenvalue weighted by molar-refractivity contribution is 5.95. The second-order valence-corrected chi connectivity index (χ2v) is 9.28. The van der Waals surface area contributed by atoms with Crippen molar-refractivity contribution >= 4 is 11.6 Å². The molecular formula is C27H38N4O. The molecule has 0 spiro atoms. The normalized spacial score (nSPS) is 19.7. The molecule has 5 nitrogen and oxygen atoms in total. The van der Waals surface area contributed by atoms with E-state index in [2.05, 4.69) is 52.4 Å². The maximum atomic E-state index is 10.3. The number of benzene rings is 2. The van der Waals surface area contributed by atoms with Gasteiger partial charge in [-0.05, 0) is 50.3 Å². The van der Waals surface area contributed by atoms with Gasteiger partial charge in [-0.1, -0.05) is 61.7 Å².